The fourth-order valence-corrected chi connectivity index (χ4v) is 3.48. The van der Waals surface area contributed by atoms with Crippen LogP contribution in [0.3, 0.4) is 0 Å². The van der Waals surface area contributed by atoms with Gasteiger partial charge in [-0.25, -0.2) is 8.42 Å². The molecule has 1 amide bonds. The van der Waals surface area contributed by atoms with Crippen LogP contribution in [0.4, 0.5) is 11.4 Å². The summed E-state index contributed by atoms with van der Waals surface area (Å²) in [6, 6.07) is 12.3. The van der Waals surface area contributed by atoms with Crippen LogP contribution in [-0.4, -0.2) is 20.1 Å². The second-order valence-electron chi connectivity index (χ2n) is 6.03. The Bertz CT molecular complexity index is 899. The summed E-state index contributed by atoms with van der Waals surface area (Å²) >= 11 is 0. The molecule has 0 aliphatic heterocycles. The van der Waals surface area contributed by atoms with Crippen LogP contribution in [0.5, 0.6) is 0 Å². The van der Waals surface area contributed by atoms with Gasteiger partial charge in [-0.3, -0.25) is 14.3 Å². The van der Waals surface area contributed by atoms with E-state index in [4.69, 9.17) is 0 Å². The molecule has 1 saturated carbocycles. The van der Waals surface area contributed by atoms with Crippen molar-refractivity contribution < 1.29 is 18.0 Å². The van der Waals surface area contributed by atoms with E-state index in [0.29, 0.717) is 16.9 Å². The summed E-state index contributed by atoms with van der Waals surface area (Å²) in [7, 11) is -3.74. The van der Waals surface area contributed by atoms with Gasteiger partial charge in [0.15, 0.2) is 5.78 Å². The lowest BCUT2D eigenvalue weighted by Crippen LogP contribution is -2.13. The molecular formula is C18H18N2O4S. The second-order valence-corrected chi connectivity index (χ2v) is 7.71. The van der Waals surface area contributed by atoms with Gasteiger partial charge in [-0.2, -0.15) is 0 Å². The molecule has 0 unspecified atom stereocenters. The highest BCUT2D eigenvalue weighted by Gasteiger charge is 2.30. The number of Topliss-reactive ketones (excluding diaryl/α,β-unsaturated/α-hetero) is 1. The number of benzene rings is 2. The molecular weight excluding hydrogens is 340 g/mol. The minimum atomic E-state index is -3.74. The molecule has 3 rings (SSSR count). The number of carbonyl (C=O) groups excluding carboxylic acids is 2. The van der Waals surface area contributed by atoms with E-state index < -0.39 is 10.0 Å². The summed E-state index contributed by atoms with van der Waals surface area (Å²) in [4.78, 5) is 23.0. The van der Waals surface area contributed by atoms with Gasteiger partial charge in [-0.05, 0) is 49.2 Å². The van der Waals surface area contributed by atoms with Gasteiger partial charge in [0.05, 0.1) is 4.90 Å². The summed E-state index contributed by atoms with van der Waals surface area (Å²) < 4.78 is 27.3. The van der Waals surface area contributed by atoms with Gasteiger partial charge in [0, 0.05) is 29.8 Å². The first-order chi connectivity index (χ1) is 11.8. The van der Waals surface area contributed by atoms with Crippen LogP contribution in [-0.2, 0) is 14.8 Å². The molecule has 2 aromatic carbocycles. The maximum absolute atomic E-state index is 12.4. The maximum Gasteiger partial charge on any atom is 0.261 e. The number of hydrogen-bond donors (Lipinski definition) is 2. The van der Waals surface area contributed by atoms with E-state index in [2.05, 4.69) is 10.0 Å². The maximum atomic E-state index is 12.4. The van der Waals surface area contributed by atoms with E-state index in [1.807, 2.05) is 0 Å². The Hall–Kier alpha value is -2.67. The molecule has 1 aliphatic carbocycles. The first-order valence-electron chi connectivity index (χ1n) is 7.90. The first-order valence-corrected chi connectivity index (χ1v) is 9.38. The zero-order valence-corrected chi connectivity index (χ0v) is 14.5. The highest BCUT2D eigenvalue weighted by atomic mass is 32.2. The quantitative estimate of drug-likeness (QED) is 0.776. The van der Waals surface area contributed by atoms with Crippen molar-refractivity contribution in [3.05, 3.63) is 54.1 Å². The molecule has 0 atom stereocenters. The van der Waals surface area contributed by atoms with E-state index in [1.54, 1.807) is 36.4 Å². The number of rotatable bonds is 6. The molecule has 0 heterocycles. The second kappa shape index (κ2) is 6.68. The fraction of sp³-hybridized carbons (Fsp3) is 0.222. The normalized spacial score (nSPS) is 14.0. The largest absolute Gasteiger partial charge is 0.326 e. The number of ketones is 1. The number of amides is 1. The summed E-state index contributed by atoms with van der Waals surface area (Å²) in [6.07, 6.45) is 1.82. The van der Waals surface area contributed by atoms with Gasteiger partial charge in [-0.15, -0.1) is 0 Å². The van der Waals surface area contributed by atoms with Crippen LogP contribution >= 0.6 is 0 Å². The molecule has 1 fully saturated rings. The number of sulfonamides is 1. The lowest BCUT2D eigenvalue weighted by molar-refractivity contribution is -0.114. The van der Waals surface area contributed by atoms with Crippen molar-refractivity contribution in [2.75, 3.05) is 10.0 Å². The van der Waals surface area contributed by atoms with Gasteiger partial charge >= 0.3 is 0 Å². The number of hydrogen-bond acceptors (Lipinski definition) is 4. The third-order valence-electron chi connectivity index (χ3n) is 3.85. The minimum Gasteiger partial charge on any atom is -0.326 e. The summed E-state index contributed by atoms with van der Waals surface area (Å²) in [6.45, 7) is 1.40. The SMILES string of the molecule is CC(=O)Nc1ccc(NS(=O)(=O)c2ccc(C(=O)C3CC3)cc2)cc1. The monoisotopic (exact) mass is 358 g/mol. The van der Waals surface area contributed by atoms with Crippen molar-refractivity contribution in [1.29, 1.82) is 0 Å². The van der Waals surface area contributed by atoms with Crippen LogP contribution in [0, 0.1) is 5.92 Å². The van der Waals surface area contributed by atoms with Crippen molar-refractivity contribution in [1.82, 2.24) is 0 Å². The van der Waals surface area contributed by atoms with Crippen LogP contribution in [0.15, 0.2) is 53.4 Å². The molecule has 1 aliphatic rings. The van der Waals surface area contributed by atoms with Crippen molar-refractivity contribution in [3.8, 4) is 0 Å². The molecule has 0 bridgehead atoms. The minimum absolute atomic E-state index is 0.0745. The average molecular weight is 358 g/mol. The third-order valence-corrected chi connectivity index (χ3v) is 5.25. The standard InChI is InChI=1S/C18H18N2O4S/c1-12(21)19-15-6-8-16(9-7-15)20-25(23,24)17-10-4-14(5-11-17)18(22)13-2-3-13/h4-11,13,20H,2-3H2,1H3,(H,19,21). The van der Waals surface area contributed by atoms with Crippen LogP contribution in [0.25, 0.3) is 0 Å². The van der Waals surface area contributed by atoms with Crippen molar-refractivity contribution >= 4 is 33.1 Å². The first kappa shape index (κ1) is 17.2. The topological polar surface area (TPSA) is 92.3 Å². The fourth-order valence-electron chi connectivity index (χ4n) is 2.42. The van der Waals surface area contributed by atoms with E-state index in [9.17, 15) is 18.0 Å². The molecule has 25 heavy (non-hydrogen) atoms. The van der Waals surface area contributed by atoms with E-state index in [0.717, 1.165) is 12.8 Å². The van der Waals surface area contributed by atoms with Crippen LogP contribution in [0.1, 0.15) is 30.1 Å². The number of carbonyl (C=O) groups is 2. The zero-order chi connectivity index (χ0) is 18.0. The van der Waals surface area contributed by atoms with Crippen LogP contribution in [0.2, 0.25) is 0 Å². The Morgan fingerprint density at radius 1 is 0.920 bits per heavy atom. The third kappa shape index (κ3) is 4.24. The highest BCUT2D eigenvalue weighted by molar-refractivity contribution is 7.92. The lowest BCUT2D eigenvalue weighted by Gasteiger charge is -2.09. The molecule has 2 aromatic rings. The smallest absolute Gasteiger partial charge is 0.261 e. The summed E-state index contributed by atoms with van der Waals surface area (Å²) in [5.74, 6) is -0.0256. The number of nitrogens with one attached hydrogen (secondary N) is 2. The summed E-state index contributed by atoms with van der Waals surface area (Å²) in [5, 5.41) is 2.61. The molecule has 7 heteroatoms. The van der Waals surface area contributed by atoms with Gasteiger partial charge in [0.1, 0.15) is 0 Å². The van der Waals surface area contributed by atoms with Crippen molar-refractivity contribution in [2.45, 2.75) is 24.7 Å². The molecule has 0 saturated heterocycles. The molecule has 130 valence electrons. The Morgan fingerprint density at radius 2 is 1.48 bits per heavy atom. The Balaban J connectivity index is 1.72. The Kier molecular flexibility index (Phi) is 4.59. The zero-order valence-electron chi connectivity index (χ0n) is 13.7. The predicted octanol–water partition coefficient (Wildman–Crippen LogP) is 3.04. The Labute approximate surface area is 146 Å². The van der Waals surface area contributed by atoms with E-state index in [-0.39, 0.29) is 22.5 Å². The van der Waals surface area contributed by atoms with Gasteiger partial charge in [0.25, 0.3) is 10.0 Å². The Morgan fingerprint density at radius 3 is 2.00 bits per heavy atom. The summed E-state index contributed by atoms with van der Waals surface area (Å²) in [5.41, 5.74) is 1.51. The molecule has 2 N–H and O–H groups in total. The highest BCUT2D eigenvalue weighted by Crippen LogP contribution is 2.32. The van der Waals surface area contributed by atoms with E-state index >= 15 is 0 Å². The van der Waals surface area contributed by atoms with E-state index in [1.165, 1.54) is 19.1 Å². The van der Waals surface area contributed by atoms with Gasteiger partial charge in [0.2, 0.25) is 5.91 Å². The van der Waals surface area contributed by atoms with Gasteiger partial charge in [-0.1, -0.05) is 12.1 Å². The number of anilines is 2. The van der Waals surface area contributed by atoms with Gasteiger partial charge < -0.3 is 5.32 Å². The average Bonchev–Trinajstić information content (AvgIpc) is 3.40. The van der Waals surface area contributed by atoms with Crippen LogP contribution < -0.4 is 10.0 Å². The van der Waals surface area contributed by atoms with Crippen molar-refractivity contribution in [2.24, 2.45) is 5.92 Å². The molecule has 0 radical (unpaired) electrons. The molecule has 6 nitrogen and oxygen atoms in total. The lowest BCUT2D eigenvalue weighted by atomic mass is 10.1. The predicted molar refractivity (Wildman–Crippen MR) is 95.1 cm³/mol. The van der Waals surface area contributed by atoms with Crippen molar-refractivity contribution in [3.63, 3.8) is 0 Å². The molecule has 0 spiro atoms. The molecule has 0 aromatic heterocycles.